The summed E-state index contributed by atoms with van der Waals surface area (Å²) < 4.78 is 2.16. The van der Waals surface area contributed by atoms with E-state index in [0.717, 1.165) is 59.9 Å². The maximum atomic E-state index is 12.2. The topological polar surface area (TPSA) is 122 Å². The summed E-state index contributed by atoms with van der Waals surface area (Å²) in [5.74, 6) is 1.22. The Morgan fingerprint density at radius 2 is 2.00 bits per heavy atom. The third-order valence-electron chi connectivity index (χ3n) is 7.58. The van der Waals surface area contributed by atoms with E-state index in [0.29, 0.717) is 23.5 Å². The number of anilines is 1. The number of nitrogens with one attached hydrogen (secondary N) is 2. The molecule has 4 heterocycles. The first-order valence-corrected chi connectivity index (χ1v) is 12.1. The van der Waals surface area contributed by atoms with Gasteiger partial charge in [0.1, 0.15) is 23.4 Å². The SMILES string of the molecule is CC(C)Cn1ccc2c(N[C@H]3C4CCC(CC4)[C@@H]3C(=O)O)nc(-c3c[nH]c4ncncc34)nc21. The fraction of sp³-hybridized carbons (Fsp3) is 0.480. The number of fused-ring (bicyclic) bond motifs is 5. The normalized spacial score (nSPS) is 24.3. The number of carboxylic acids is 1. The van der Waals surface area contributed by atoms with Crippen molar-refractivity contribution < 1.29 is 9.90 Å². The van der Waals surface area contributed by atoms with Gasteiger partial charge in [-0.2, -0.15) is 0 Å². The summed E-state index contributed by atoms with van der Waals surface area (Å²) in [7, 11) is 0. The zero-order chi connectivity index (χ0) is 23.4. The van der Waals surface area contributed by atoms with E-state index in [1.165, 1.54) is 6.33 Å². The Morgan fingerprint density at radius 3 is 2.76 bits per heavy atom. The summed E-state index contributed by atoms with van der Waals surface area (Å²) in [6, 6.07) is 1.91. The maximum absolute atomic E-state index is 12.2. The fourth-order valence-electron chi connectivity index (χ4n) is 6.05. The molecule has 3 aliphatic rings. The molecule has 4 aromatic rings. The van der Waals surface area contributed by atoms with Gasteiger partial charge in [0.15, 0.2) is 5.82 Å². The van der Waals surface area contributed by atoms with Gasteiger partial charge in [-0.15, -0.1) is 0 Å². The molecular formula is C25H29N7O2. The Bertz CT molecular complexity index is 1370. The van der Waals surface area contributed by atoms with Gasteiger partial charge < -0.3 is 20.0 Å². The predicted octanol–water partition coefficient (Wildman–Crippen LogP) is 4.33. The molecule has 3 aliphatic carbocycles. The lowest BCUT2D eigenvalue weighted by Crippen LogP contribution is -2.51. The monoisotopic (exact) mass is 459 g/mol. The van der Waals surface area contributed by atoms with Crippen LogP contribution in [0.15, 0.2) is 31.0 Å². The molecule has 0 aliphatic heterocycles. The highest BCUT2D eigenvalue weighted by Gasteiger charge is 2.47. The van der Waals surface area contributed by atoms with Crippen molar-refractivity contribution in [3.8, 4) is 11.4 Å². The minimum Gasteiger partial charge on any atom is -0.481 e. The number of hydrogen-bond donors (Lipinski definition) is 3. The van der Waals surface area contributed by atoms with Crippen molar-refractivity contribution in [3.05, 3.63) is 31.0 Å². The van der Waals surface area contributed by atoms with Gasteiger partial charge in [-0.3, -0.25) is 4.79 Å². The molecule has 34 heavy (non-hydrogen) atoms. The van der Waals surface area contributed by atoms with Gasteiger partial charge in [-0.1, -0.05) is 13.8 Å². The number of aromatic nitrogens is 6. The van der Waals surface area contributed by atoms with E-state index in [9.17, 15) is 9.90 Å². The van der Waals surface area contributed by atoms with Crippen LogP contribution in [0.5, 0.6) is 0 Å². The lowest BCUT2D eigenvalue weighted by atomic mass is 9.61. The third-order valence-corrected chi connectivity index (χ3v) is 7.58. The Hall–Kier alpha value is -3.49. The van der Waals surface area contributed by atoms with E-state index in [1.54, 1.807) is 6.20 Å². The van der Waals surface area contributed by atoms with Crippen LogP contribution in [0.1, 0.15) is 39.5 Å². The molecule has 0 unspecified atom stereocenters. The van der Waals surface area contributed by atoms with Crippen molar-refractivity contribution >= 4 is 33.9 Å². The molecule has 0 radical (unpaired) electrons. The Morgan fingerprint density at radius 1 is 1.21 bits per heavy atom. The maximum Gasteiger partial charge on any atom is 0.308 e. The van der Waals surface area contributed by atoms with Crippen LogP contribution in [0.3, 0.4) is 0 Å². The molecule has 9 heteroatoms. The minimum absolute atomic E-state index is 0.129. The van der Waals surface area contributed by atoms with Gasteiger partial charge >= 0.3 is 5.97 Å². The van der Waals surface area contributed by atoms with E-state index in [1.807, 2.05) is 18.5 Å². The number of nitrogens with zero attached hydrogens (tertiary/aromatic N) is 5. The lowest BCUT2D eigenvalue weighted by Gasteiger charge is -2.47. The first-order valence-electron chi connectivity index (χ1n) is 12.1. The standard InChI is InChI=1S/C25H29N7O2/c1-13(2)11-32-8-7-16-22(29-20-15-5-3-14(4-6-15)19(20)25(33)34)30-23(31-24(16)32)18-10-27-21-17(18)9-26-12-28-21/h7-10,12-15,19-20H,3-6,11H2,1-2H3,(H,33,34)(H,26,27,28)(H,29,30,31)/t14?,15?,19-,20-/m0/s1. The number of carboxylic acid groups (broad SMARTS) is 1. The summed E-state index contributed by atoms with van der Waals surface area (Å²) in [6.07, 6.45) is 11.3. The van der Waals surface area contributed by atoms with E-state index < -0.39 is 5.97 Å². The molecule has 3 saturated carbocycles. The van der Waals surface area contributed by atoms with Gasteiger partial charge in [0.2, 0.25) is 0 Å². The van der Waals surface area contributed by atoms with Crippen LogP contribution in [0.25, 0.3) is 33.5 Å². The molecule has 2 atom stereocenters. The largest absolute Gasteiger partial charge is 0.481 e. The lowest BCUT2D eigenvalue weighted by molar-refractivity contribution is -0.148. The smallest absolute Gasteiger partial charge is 0.308 e. The molecule has 9 nitrogen and oxygen atoms in total. The highest BCUT2D eigenvalue weighted by Crippen LogP contribution is 2.46. The number of hydrogen-bond acceptors (Lipinski definition) is 6. The van der Waals surface area contributed by atoms with Crippen molar-refractivity contribution in [2.45, 2.75) is 52.1 Å². The molecule has 0 saturated heterocycles. The van der Waals surface area contributed by atoms with Crippen LogP contribution in [0.2, 0.25) is 0 Å². The summed E-state index contributed by atoms with van der Waals surface area (Å²) in [5.41, 5.74) is 2.41. The number of aliphatic carboxylic acids is 1. The molecule has 2 bridgehead atoms. The Kier molecular flexibility index (Phi) is 5.00. The van der Waals surface area contributed by atoms with Crippen LogP contribution in [-0.2, 0) is 11.3 Å². The molecule has 0 aromatic carbocycles. The second kappa shape index (κ2) is 8.07. The zero-order valence-corrected chi connectivity index (χ0v) is 19.4. The van der Waals surface area contributed by atoms with Gasteiger partial charge in [0.05, 0.1) is 11.3 Å². The highest BCUT2D eigenvalue weighted by atomic mass is 16.4. The Labute approximate surface area is 197 Å². The van der Waals surface area contributed by atoms with Crippen LogP contribution < -0.4 is 5.32 Å². The summed E-state index contributed by atoms with van der Waals surface area (Å²) >= 11 is 0. The van der Waals surface area contributed by atoms with E-state index in [2.05, 4.69) is 38.7 Å². The first kappa shape index (κ1) is 21.1. The summed E-state index contributed by atoms with van der Waals surface area (Å²) in [6.45, 7) is 5.20. The van der Waals surface area contributed by atoms with Crippen molar-refractivity contribution in [1.29, 1.82) is 0 Å². The summed E-state index contributed by atoms with van der Waals surface area (Å²) in [5, 5.41) is 15.4. The summed E-state index contributed by atoms with van der Waals surface area (Å²) in [4.78, 5) is 33.8. The second-order valence-electron chi connectivity index (χ2n) is 10.2. The van der Waals surface area contributed by atoms with Crippen molar-refractivity contribution in [1.82, 2.24) is 29.5 Å². The van der Waals surface area contributed by atoms with Gasteiger partial charge in [0.25, 0.3) is 0 Å². The number of rotatable bonds is 6. The van der Waals surface area contributed by atoms with Crippen LogP contribution >= 0.6 is 0 Å². The minimum atomic E-state index is -0.705. The molecule has 7 rings (SSSR count). The number of aromatic amines is 1. The molecule has 4 aromatic heterocycles. The Balaban J connectivity index is 1.49. The van der Waals surface area contributed by atoms with E-state index >= 15 is 0 Å². The van der Waals surface area contributed by atoms with Crippen molar-refractivity contribution in [2.24, 2.45) is 23.7 Å². The van der Waals surface area contributed by atoms with Crippen LogP contribution in [0.4, 0.5) is 5.82 Å². The van der Waals surface area contributed by atoms with E-state index in [4.69, 9.17) is 9.97 Å². The molecule has 3 fully saturated rings. The first-order chi connectivity index (χ1) is 16.5. The van der Waals surface area contributed by atoms with Gasteiger partial charge in [-0.25, -0.2) is 19.9 Å². The second-order valence-corrected chi connectivity index (χ2v) is 10.2. The molecule has 0 spiro atoms. The quantitative estimate of drug-likeness (QED) is 0.392. The number of carbonyl (C=O) groups is 1. The predicted molar refractivity (Wildman–Crippen MR) is 129 cm³/mol. The molecule has 0 amide bonds. The van der Waals surface area contributed by atoms with Crippen LogP contribution in [-0.4, -0.2) is 46.6 Å². The average molecular weight is 460 g/mol. The highest BCUT2D eigenvalue weighted by molar-refractivity contribution is 5.95. The van der Waals surface area contributed by atoms with Gasteiger partial charge in [0, 0.05) is 42.1 Å². The zero-order valence-electron chi connectivity index (χ0n) is 19.4. The van der Waals surface area contributed by atoms with Crippen molar-refractivity contribution in [2.75, 3.05) is 5.32 Å². The van der Waals surface area contributed by atoms with Crippen molar-refractivity contribution in [3.63, 3.8) is 0 Å². The molecule has 176 valence electrons. The van der Waals surface area contributed by atoms with Crippen LogP contribution in [0, 0.1) is 23.7 Å². The van der Waals surface area contributed by atoms with E-state index in [-0.39, 0.29) is 17.9 Å². The number of H-pyrrole nitrogens is 1. The molecule has 3 N–H and O–H groups in total. The van der Waals surface area contributed by atoms with Gasteiger partial charge in [-0.05, 0) is 49.5 Å². The fourth-order valence-corrected chi connectivity index (χ4v) is 6.05. The third kappa shape index (κ3) is 3.41. The average Bonchev–Trinajstić information content (AvgIpc) is 3.44. The molecular weight excluding hydrogens is 430 g/mol.